The van der Waals surface area contributed by atoms with Gasteiger partial charge in [0.2, 0.25) is 5.91 Å². The average Bonchev–Trinajstić information content (AvgIpc) is 3.08. The Balaban J connectivity index is 3.50. The molecule has 0 bridgehead atoms. The smallest absolute Gasteiger partial charge is 0.305 e. The molecule has 0 rings (SSSR count). The summed E-state index contributed by atoms with van der Waals surface area (Å²) in [4.78, 5) is 24.3. The molecule has 0 fully saturated rings. The number of aliphatic hydroxyl groups is 2. The van der Waals surface area contributed by atoms with Crippen LogP contribution in [0.2, 0.25) is 0 Å². The third kappa shape index (κ3) is 34.5. The number of esters is 1. The van der Waals surface area contributed by atoms with E-state index in [9.17, 15) is 19.8 Å². The standard InChI is InChI=1S/C42H81NO5/c1-3-5-7-9-11-13-15-20-24-28-32-36-42(47)48-37-33-29-25-21-17-16-19-23-27-31-35-41(46)43-39(38-44)40(45)34-30-26-22-18-14-12-10-8-6-4-2/h9,11,39-40,44-45H,3-8,10,12-38H2,1-2H3,(H,43,46)/b11-9-. The monoisotopic (exact) mass is 680 g/mol. The van der Waals surface area contributed by atoms with Crippen molar-refractivity contribution >= 4 is 11.9 Å². The van der Waals surface area contributed by atoms with Crippen LogP contribution in [0.5, 0.6) is 0 Å². The number of carbonyl (C=O) groups excluding carboxylic acids is 2. The van der Waals surface area contributed by atoms with Gasteiger partial charge in [-0.15, -0.1) is 0 Å². The number of nitrogens with one attached hydrogen (secondary N) is 1. The van der Waals surface area contributed by atoms with Gasteiger partial charge in [-0.05, 0) is 44.9 Å². The number of unbranched alkanes of at least 4 members (excludes halogenated alkanes) is 25. The summed E-state index contributed by atoms with van der Waals surface area (Å²) >= 11 is 0. The number of amides is 1. The fraction of sp³-hybridized carbons (Fsp3) is 0.905. The molecule has 0 aromatic carbocycles. The second kappa shape index (κ2) is 38.4. The van der Waals surface area contributed by atoms with E-state index in [4.69, 9.17) is 4.74 Å². The number of hydrogen-bond donors (Lipinski definition) is 3. The van der Waals surface area contributed by atoms with E-state index in [1.165, 1.54) is 128 Å². The Bertz CT molecular complexity index is 712. The van der Waals surface area contributed by atoms with E-state index in [-0.39, 0.29) is 18.5 Å². The second-order valence-electron chi connectivity index (χ2n) is 14.3. The number of hydrogen-bond acceptors (Lipinski definition) is 5. The van der Waals surface area contributed by atoms with Crippen molar-refractivity contribution in [2.24, 2.45) is 0 Å². The Morgan fingerprint density at radius 2 is 1.00 bits per heavy atom. The number of ether oxygens (including phenoxy) is 1. The Hall–Kier alpha value is -1.40. The summed E-state index contributed by atoms with van der Waals surface area (Å²) in [6, 6.07) is -0.555. The number of allylic oxidation sites excluding steroid dienone is 2. The molecule has 2 unspecified atom stereocenters. The summed E-state index contributed by atoms with van der Waals surface area (Å²) < 4.78 is 5.41. The minimum Gasteiger partial charge on any atom is -0.466 e. The quantitative estimate of drug-likeness (QED) is 0.0343. The summed E-state index contributed by atoms with van der Waals surface area (Å²) in [6.07, 6.45) is 40.1. The summed E-state index contributed by atoms with van der Waals surface area (Å²) in [5.41, 5.74) is 0. The second-order valence-corrected chi connectivity index (χ2v) is 14.3. The maximum atomic E-state index is 12.3. The van der Waals surface area contributed by atoms with Crippen LogP contribution >= 0.6 is 0 Å². The molecule has 0 heterocycles. The van der Waals surface area contributed by atoms with Crippen molar-refractivity contribution in [3.05, 3.63) is 12.2 Å². The molecule has 48 heavy (non-hydrogen) atoms. The molecule has 0 aliphatic heterocycles. The highest BCUT2D eigenvalue weighted by molar-refractivity contribution is 5.76. The van der Waals surface area contributed by atoms with Gasteiger partial charge in [0, 0.05) is 12.8 Å². The van der Waals surface area contributed by atoms with Gasteiger partial charge in [0.1, 0.15) is 0 Å². The first-order chi connectivity index (χ1) is 23.5. The van der Waals surface area contributed by atoms with Crippen LogP contribution in [0.15, 0.2) is 12.2 Å². The van der Waals surface area contributed by atoms with E-state index in [0.29, 0.717) is 25.9 Å². The Labute approximate surface area is 298 Å². The van der Waals surface area contributed by atoms with Crippen LogP contribution in [-0.2, 0) is 14.3 Å². The van der Waals surface area contributed by atoms with Crippen molar-refractivity contribution in [1.82, 2.24) is 5.32 Å². The molecule has 0 aromatic rings. The van der Waals surface area contributed by atoms with Gasteiger partial charge in [-0.1, -0.05) is 174 Å². The van der Waals surface area contributed by atoms with Gasteiger partial charge in [0.05, 0.1) is 25.4 Å². The number of carbonyl (C=O) groups is 2. The third-order valence-corrected chi connectivity index (χ3v) is 9.56. The molecule has 0 spiro atoms. The van der Waals surface area contributed by atoms with Gasteiger partial charge < -0.3 is 20.3 Å². The van der Waals surface area contributed by atoms with Crippen molar-refractivity contribution in [2.45, 2.75) is 231 Å². The fourth-order valence-electron chi connectivity index (χ4n) is 6.26. The molecular formula is C42H81NO5. The molecule has 0 aliphatic carbocycles. The highest BCUT2D eigenvalue weighted by atomic mass is 16.5. The van der Waals surface area contributed by atoms with Gasteiger partial charge in [-0.3, -0.25) is 9.59 Å². The van der Waals surface area contributed by atoms with Crippen LogP contribution in [0, 0.1) is 0 Å². The van der Waals surface area contributed by atoms with Gasteiger partial charge in [0.25, 0.3) is 0 Å². The normalized spacial score (nSPS) is 12.8. The molecule has 0 saturated heterocycles. The summed E-state index contributed by atoms with van der Waals surface area (Å²) in [6.45, 7) is 4.83. The predicted molar refractivity (Wildman–Crippen MR) is 204 cm³/mol. The molecule has 2 atom stereocenters. The third-order valence-electron chi connectivity index (χ3n) is 9.56. The molecule has 0 aliphatic rings. The highest BCUT2D eigenvalue weighted by Crippen LogP contribution is 2.15. The lowest BCUT2D eigenvalue weighted by molar-refractivity contribution is -0.143. The largest absolute Gasteiger partial charge is 0.466 e. The molecule has 3 N–H and O–H groups in total. The summed E-state index contributed by atoms with van der Waals surface area (Å²) in [5.74, 6) is -0.0919. The SMILES string of the molecule is CCCC/C=C\CCCCCCCC(=O)OCCCCCCCCCCCCC(=O)NC(CO)C(O)CCCCCCCCCCCC. The van der Waals surface area contributed by atoms with Crippen LogP contribution in [0.4, 0.5) is 0 Å². The van der Waals surface area contributed by atoms with E-state index in [0.717, 1.165) is 57.8 Å². The Kier molecular flexibility index (Phi) is 37.3. The van der Waals surface area contributed by atoms with Gasteiger partial charge in [0.15, 0.2) is 0 Å². The van der Waals surface area contributed by atoms with E-state index in [1.54, 1.807) is 0 Å². The number of aliphatic hydroxyl groups excluding tert-OH is 2. The van der Waals surface area contributed by atoms with Crippen LogP contribution in [0.3, 0.4) is 0 Å². The maximum Gasteiger partial charge on any atom is 0.305 e. The van der Waals surface area contributed by atoms with Gasteiger partial charge >= 0.3 is 5.97 Å². The van der Waals surface area contributed by atoms with Crippen molar-refractivity contribution in [3.63, 3.8) is 0 Å². The maximum absolute atomic E-state index is 12.3. The number of rotatable bonds is 38. The highest BCUT2D eigenvalue weighted by Gasteiger charge is 2.20. The molecule has 6 heteroatoms. The first kappa shape index (κ1) is 46.6. The Morgan fingerprint density at radius 1 is 0.562 bits per heavy atom. The van der Waals surface area contributed by atoms with E-state index < -0.39 is 12.1 Å². The van der Waals surface area contributed by atoms with Crippen molar-refractivity contribution < 1.29 is 24.5 Å². The molecule has 1 amide bonds. The van der Waals surface area contributed by atoms with Gasteiger partial charge in [-0.25, -0.2) is 0 Å². The van der Waals surface area contributed by atoms with Crippen LogP contribution < -0.4 is 5.32 Å². The Morgan fingerprint density at radius 3 is 1.54 bits per heavy atom. The lowest BCUT2D eigenvalue weighted by atomic mass is 10.0. The summed E-state index contributed by atoms with van der Waals surface area (Å²) in [5, 5.41) is 23.0. The van der Waals surface area contributed by atoms with Crippen LogP contribution in [-0.4, -0.2) is 47.4 Å². The average molecular weight is 680 g/mol. The van der Waals surface area contributed by atoms with Gasteiger partial charge in [-0.2, -0.15) is 0 Å². The van der Waals surface area contributed by atoms with E-state index in [1.807, 2.05) is 0 Å². The van der Waals surface area contributed by atoms with Crippen molar-refractivity contribution in [2.75, 3.05) is 13.2 Å². The molecule has 0 radical (unpaired) electrons. The zero-order valence-corrected chi connectivity index (χ0v) is 32.0. The minimum atomic E-state index is -0.675. The molecule has 6 nitrogen and oxygen atoms in total. The predicted octanol–water partition coefficient (Wildman–Crippen LogP) is 11.4. The zero-order chi connectivity index (χ0) is 35.2. The molecular weight excluding hydrogens is 598 g/mol. The molecule has 0 aromatic heterocycles. The molecule has 0 saturated carbocycles. The van der Waals surface area contributed by atoms with Crippen molar-refractivity contribution in [1.29, 1.82) is 0 Å². The molecule has 284 valence electrons. The first-order valence-corrected chi connectivity index (χ1v) is 20.9. The minimum absolute atomic E-state index is 0.0308. The van der Waals surface area contributed by atoms with E-state index >= 15 is 0 Å². The fourth-order valence-corrected chi connectivity index (χ4v) is 6.26. The lowest BCUT2D eigenvalue weighted by Gasteiger charge is -2.22. The van der Waals surface area contributed by atoms with Crippen LogP contribution in [0.1, 0.15) is 219 Å². The van der Waals surface area contributed by atoms with Crippen molar-refractivity contribution in [3.8, 4) is 0 Å². The van der Waals surface area contributed by atoms with Crippen LogP contribution in [0.25, 0.3) is 0 Å². The van der Waals surface area contributed by atoms with E-state index in [2.05, 4.69) is 31.3 Å². The first-order valence-electron chi connectivity index (χ1n) is 20.9. The zero-order valence-electron chi connectivity index (χ0n) is 32.0. The summed E-state index contributed by atoms with van der Waals surface area (Å²) in [7, 11) is 0. The topological polar surface area (TPSA) is 95.9 Å². The lowest BCUT2D eigenvalue weighted by Crippen LogP contribution is -2.45.